The summed E-state index contributed by atoms with van der Waals surface area (Å²) in [6, 6.07) is 0. The van der Waals surface area contributed by atoms with Gasteiger partial charge in [0.2, 0.25) is 0 Å². The maximum atomic E-state index is 9.04. The molecular weight excluding hydrogens is 329 g/mol. The molecule has 0 aromatic carbocycles. The molecule has 0 amide bonds. The van der Waals surface area contributed by atoms with Crippen LogP contribution in [0.4, 0.5) is 0 Å². The molecule has 0 aromatic rings. The molecule has 1 N–H and O–H groups in total. The van der Waals surface area contributed by atoms with Gasteiger partial charge in [-0.1, -0.05) is 27.7 Å². The summed E-state index contributed by atoms with van der Waals surface area (Å²) >= 11 is 1.82. The van der Waals surface area contributed by atoms with E-state index in [1.54, 1.807) is 0 Å². The number of hydrogen-bond donors (Lipinski definition) is 1. The maximum absolute atomic E-state index is 9.04. The Bertz CT molecular complexity index is 188. The Morgan fingerprint density at radius 2 is 1.12 bits per heavy atom. The summed E-state index contributed by atoms with van der Waals surface area (Å²) in [7, 11) is 4.57. The van der Waals surface area contributed by atoms with Crippen LogP contribution in [-0.4, -0.2) is 11.7 Å². The quantitative estimate of drug-likeness (QED) is 0.444. The van der Waals surface area contributed by atoms with Gasteiger partial charge in [0.1, 0.15) is 0 Å². The van der Waals surface area contributed by atoms with E-state index in [2.05, 4.69) is 50.7 Å². The van der Waals surface area contributed by atoms with Crippen molar-refractivity contribution >= 4 is 9.69 Å². The minimum absolute atomic E-state index is 0.173. The third kappa shape index (κ3) is 6.74. The monoisotopic (exact) mass is 344 g/mol. The topological polar surface area (TPSA) is 60.0 Å². The van der Waals surface area contributed by atoms with Gasteiger partial charge in [-0.2, -0.15) is 0 Å². The second-order valence-corrected chi connectivity index (χ2v) is 3.14. The van der Waals surface area contributed by atoms with Crippen molar-refractivity contribution < 1.29 is 31.7 Å². The fraction of sp³-hybridized carbons (Fsp3) is 0.417. The standard InChI is InChI=1S/C10H15O.2CO.ClH.Ru/c1-6-7(2)9(4)10(5-11)8(6)3;2*1-2;;/h11H,5H2,1-4H3;;;1H;/q;;;;+2/p-1. The molecule has 0 saturated heterocycles. The molecule has 0 aliphatic heterocycles. The summed E-state index contributed by atoms with van der Waals surface area (Å²) in [4.78, 5) is 0. The molecule has 17 heavy (non-hydrogen) atoms. The van der Waals surface area contributed by atoms with E-state index in [0.29, 0.717) is 0 Å². The normalized spacial score (nSPS) is 18.1. The van der Waals surface area contributed by atoms with Crippen LogP contribution in [0, 0.1) is 42.9 Å². The first-order chi connectivity index (χ1) is 8.09. The van der Waals surface area contributed by atoms with Crippen molar-refractivity contribution in [3.05, 3.63) is 42.9 Å². The SMILES string of the molecule is C[C]1[C](C)[C](C)[C](CO)[C]1C.[C-]#[O+].[C-]#[O+].[Cl][Ru+]. The van der Waals surface area contributed by atoms with Gasteiger partial charge in [0, 0.05) is 5.92 Å². The second kappa shape index (κ2) is 14.4. The zero-order valence-corrected chi connectivity index (χ0v) is 12.7. The van der Waals surface area contributed by atoms with Crippen molar-refractivity contribution in [2.75, 3.05) is 6.61 Å². The molecule has 0 heterocycles. The molecule has 1 aliphatic rings. The predicted molar refractivity (Wildman–Crippen MR) is 59.7 cm³/mol. The molecule has 1 rings (SSSR count). The number of hydrogen-bond acceptors (Lipinski definition) is 1. The Kier molecular flexibility index (Phi) is 19.1. The van der Waals surface area contributed by atoms with Crippen LogP contribution in [0.5, 0.6) is 0 Å². The van der Waals surface area contributed by atoms with E-state index in [1.807, 2.05) is 17.3 Å². The van der Waals surface area contributed by atoms with Crippen LogP contribution < -0.4 is 0 Å². The summed E-state index contributed by atoms with van der Waals surface area (Å²) in [5.74, 6) is 6.27. The van der Waals surface area contributed by atoms with E-state index in [4.69, 9.17) is 14.4 Å². The number of aliphatic hydroxyl groups is 1. The molecule has 1 aliphatic carbocycles. The van der Waals surface area contributed by atoms with Gasteiger partial charge in [-0.25, -0.2) is 0 Å². The first-order valence-electron chi connectivity index (χ1n) is 4.46. The molecule has 1 saturated carbocycles. The molecule has 0 atom stereocenters. The van der Waals surface area contributed by atoms with E-state index >= 15 is 0 Å². The molecule has 5 radical (unpaired) electrons. The van der Waals surface area contributed by atoms with E-state index in [-0.39, 0.29) is 6.61 Å². The fourth-order valence-electron chi connectivity index (χ4n) is 1.53. The van der Waals surface area contributed by atoms with Gasteiger partial charge in [-0.05, 0) is 23.7 Å². The molecule has 0 spiro atoms. The average Bonchev–Trinajstić information content (AvgIpc) is 2.61. The van der Waals surface area contributed by atoms with Crippen LogP contribution in [0.3, 0.4) is 0 Å². The van der Waals surface area contributed by atoms with Gasteiger partial charge in [0.15, 0.2) is 0 Å². The Morgan fingerprint density at radius 3 is 1.24 bits per heavy atom. The van der Waals surface area contributed by atoms with Crippen LogP contribution in [0.25, 0.3) is 0 Å². The summed E-state index contributed by atoms with van der Waals surface area (Å²) in [6.07, 6.45) is 0. The van der Waals surface area contributed by atoms with Gasteiger partial charge in [-0.15, -0.1) is 0 Å². The summed E-state index contributed by atoms with van der Waals surface area (Å²) in [6.45, 7) is 17.5. The van der Waals surface area contributed by atoms with Crippen molar-refractivity contribution in [2.45, 2.75) is 27.7 Å². The molecule has 3 nitrogen and oxygen atoms in total. The van der Waals surface area contributed by atoms with Crippen LogP contribution in [0.1, 0.15) is 27.7 Å². The van der Waals surface area contributed by atoms with Gasteiger partial charge in [-0.3, -0.25) is 0 Å². The Morgan fingerprint density at radius 1 is 0.882 bits per heavy atom. The van der Waals surface area contributed by atoms with Gasteiger partial charge in [0.25, 0.3) is 0 Å². The summed E-state index contributed by atoms with van der Waals surface area (Å²) in [5, 5.41) is 9.04. The number of rotatable bonds is 1. The van der Waals surface area contributed by atoms with Gasteiger partial charge < -0.3 is 5.11 Å². The third-order valence-electron chi connectivity index (χ3n) is 2.75. The van der Waals surface area contributed by atoms with Crippen molar-refractivity contribution in [1.29, 1.82) is 0 Å². The van der Waals surface area contributed by atoms with Gasteiger partial charge in [0.05, 0.1) is 6.61 Å². The van der Waals surface area contributed by atoms with Crippen molar-refractivity contribution in [3.63, 3.8) is 0 Å². The van der Waals surface area contributed by atoms with Crippen molar-refractivity contribution in [1.82, 2.24) is 0 Å². The Balaban J connectivity index is -0.000000285. The molecule has 5 heteroatoms. The summed E-state index contributed by atoms with van der Waals surface area (Å²) < 4.78 is 15.0. The zero-order valence-electron chi connectivity index (χ0n) is 10.2. The van der Waals surface area contributed by atoms with E-state index in [9.17, 15) is 0 Å². The average molecular weight is 344 g/mol. The zero-order chi connectivity index (χ0) is 14.6. The fourth-order valence-corrected chi connectivity index (χ4v) is 1.53. The molecule has 0 aromatic heterocycles. The van der Waals surface area contributed by atoms with E-state index < -0.39 is 0 Å². The van der Waals surface area contributed by atoms with Gasteiger partial charge >= 0.3 is 49.6 Å². The molecular formula is C12H15ClO3Ru+. The van der Waals surface area contributed by atoms with Crippen LogP contribution in [-0.2, 0) is 26.6 Å². The Labute approximate surface area is 118 Å². The predicted octanol–water partition coefficient (Wildman–Crippen LogP) is 2.56. The van der Waals surface area contributed by atoms with Crippen LogP contribution >= 0.6 is 9.69 Å². The number of halogens is 1. The van der Waals surface area contributed by atoms with E-state index in [1.165, 1.54) is 23.7 Å². The first-order valence-corrected chi connectivity index (χ1v) is 6.70. The minimum atomic E-state index is 0.173. The van der Waals surface area contributed by atoms with Crippen molar-refractivity contribution in [3.8, 4) is 0 Å². The van der Waals surface area contributed by atoms with Crippen LogP contribution in [0.15, 0.2) is 0 Å². The number of aliphatic hydroxyl groups excluding tert-OH is 1. The molecule has 95 valence electrons. The Hall–Kier alpha value is 0.353. The first kappa shape index (κ1) is 22.5. The van der Waals surface area contributed by atoms with E-state index in [0.717, 1.165) is 5.92 Å². The molecule has 1 fully saturated rings. The molecule has 0 unspecified atom stereocenters. The second-order valence-electron chi connectivity index (χ2n) is 3.14. The van der Waals surface area contributed by atoms with Crippen molar-refractivity contribution in [2.24, 2.45) is 0 Å². The molecule has 0 bridgehead atoms. The van der Waals surface area contributed by atoms with Crippen LogP contribution in [0.2, 0.25) is 0 Å². The third-order valence-corrected chi connectivity index (χ3v) is 2.75. The summed E-state index contributed by atoms with van der Waals surface area (Å²) in [5.41, 5.74) is 0.